The van der Waals surface area contributed by atoms with Crippen LogP contribution in [0.1, 0.15) is 23.3 Å². The van der Waals surface area contributed by atoms with Crippen LogP contribution in [0, 0.1) is 0 Å². The number of aromatic nitrogens is 2. The van der Waals surface area contributed by atoms with E-state index in [1.165, 1.54) is 0 Å². The summed E-state index contributed by atoms with van der Waals surface area (Å²) >= 11 is 8.39. The number of nitrogens with one attached hydrogen (secondary N) is 1. The van der Waals surface area contributed by atoms with Crippen LogP contribution in [0.25, 0.3) is 0 Å². The van der Waals surface area contributed by atoms with E-state index in [1.54, 1.807) is 17.9 Å². The Bertz CT molecular complexity index is 405. The van der Waals surface area contributed by atoms with Crippen molar-refractivity contribution in [1.82, 2.24) is 15.1 Å². The molecule has 0 unspecified atom stereocenters. The van der Waals surface area contributed by atoms with Crippen LogP contribution < -0.4 is 5.32 Å². The molecule has 0 radical (unpaired) electrons. The second-order valence-electron chi connectivity index (χ2n) is 3.21. The van der Waals surface area contributed by atoms with Gasteiger partial charge in [0.1, 0.15) is 0 Å². The van der Waals surface area contributed by atoms with Gasteiger partial charge < -0.3 is 5.32 Å². The van der Waals surface area contributed by atoms with Crippen LogP contribution in [0.5, 0.6) is 0 Å². The zero-order valence-corrected chi connectivity index (χ0v) is 11.0. The topological polar surface area (TPSA) is 64.0 Å². The molecule has 5 nitrogen and oxygen atoms in total. The third-order valence-electron chi connectivity index (χ3n) is 1.83. The number of hydrogen-bond acceptors (Lipinski definition) is 3. The summed E-state index contributed by atoms with van der Waals surface area (Å²) in [6.45, 7) is 0.403. The SMILES string of the molecule is Cn1cc(Br)c(C(=O)NCCCC(=O)Cl)n1. The minimum Gasteiger partial charge on any atom is -0.351 e. The van der Waals surface area contributed by atoms with Crippen LogP contribution in [0.15, 0.2) is 10.7 Å². The molecule has 1 aromatic rings. The number of halogens is 2. The number of amides is 1. The van der Waals surface area contributed by atoms with E-state index in [4.69, 9.17) is 11.6 Å². The average molecular weight is 309 g/mol. The van der Waals surface area contributed by atoms with Crippen molar-refractivity contribution >= 4 is 38.7 Å². The molecule has 0 atom stereocenters. The smallest absolute Gasteiger partial charge is 0.272 e. The van der Waals surface area contributed by atoms with Gasteiger partial charge in [-0.15, -0.1) is 0 Å². The highest BCUT2D eigenvalue weighted by atomic mass is 79.9. The van der Waals surface area contributed by atoms with E-state index in [1.807, 2.05) is 0 Å². The lowest BCUT2D eigenvalue weighted by Gasteiger charge is -2.01. The first-order valence-electron chi connectivity index (χ1n) is 4.66. The van der Waals surface area contributed by atoms with Crippen molar-refractivity contribution in [3.05, 3.63) is 16.4 Å². The van der Waals surface area contributed by atoms with E-state index in [0.29, 0.717) is 23.1 Å². The molecule has 0 spiro atoms. The van der Waals surface area contributed by atoms with Crippen molar-refractivity contribution in [1.29, 1.82) is 0 Å². The van der Waals surface area contributed by atoms with Gasteiger partial charge in [0.2, 0.25) is 5.24 Å². The van der Waals surface area contributed by atoms with Gasteiger partial charge >= 0.3 is 0 Å². The van der Waals surface area contributed by atoms with Crippen molar-refractivity contribution in [2.45, 2.75) is 12.8 Å². The lowest BCUT2D eigenvalue weighted by Crippen LogP contribution is -2.25. The normalized spacial score (nSPS) is 10.2. The summed E-state index contributed by atoms with van der Waals surface area (Å²) in [6, 6.07) is 0. The van der Waals surface area contributed by atoms with E-state index >= 15 is 0 Å². The predicted octanol–water partition coefficient (Wildman–Crippen LogP) is 1.46. The van der Waals surface area contributed by atoms with Crippen molar-refractivity contribution < 1.29 is 9.59 Å². The molecule has 0 aliphatic heterocycles. The third-order valence-corrected chi connectivity index (χ3v) is 2.60. The fourth-order valence-electron chi connectivity index (χ4n) is 1.13. The van der Waals surface area contributed by atoms with E-state index < -0.39 is 5.24 Å². The summed E-state index contributed by atoms with van der Waals surface area (Å²) in [5, 5.41) is 6.25. The van der Waals surface area contributed by atoms with E-state index in [-0.39, 0.29) is 12.3 Å². The molecule has 1 N–H and O–H groups in total. The van der Waals surface area contributed by atoms with Crippen LogP contribution in [0.4, 0.5) is 0 Å². The van der Waals surface area contributed by atoms with Crippen LogP contribution >= 0.6 is 27.5 Å². The summed E-state index contributed by atoms with van der Waals surface area (Å²) in [4.78, 5) is 22.0. The molecular weight excluding hydrogens is 297 g/mol. The van der Waals surface area contributed by atoms with E-state index in [2.05, 4.69) is 26.3 Å². The number of nitrogens with zero attached hydrogens (tertiary/aromatic N) is 2. The van der Waals surface area contributed by atoms with E-state index in [0.717, 1.165) is 0 Å². The zero-order valence-electron chi connectivity index (χ0n) is 8.67. The Morgan fingerprint density at radius 1 is 1.62 bits per heavy atom. The molecule has 88 valence electrons. The van der Waals surface area contributed by atoms with Crippen LogP contribution in [0.2, 0.25) is 0 Å². The predicted molar refractivity (Wildman–Crippen MR) is 63.3 cm³/mol. The molecule has 16 heavy (non-hydrogen) atoms. The lowest BCUT2D eigenvalue weighted by molar-refractivity contribution is -0.111. The Morgan fingerprint density at radius 2 is 2.31 bits per heavy atom. The highest BCUT2D eigenvalue weighted by molar-refractivity contribution is 9.10. The molecular formula is C9H11BrClN3O2. The molecule has 1 amide bonds. The van der Waals surface area contributed by atoms with Gasteiger partial charge in [0, 0.05) is 26.2 Å². The number of carbonyl (C=O) groups is 2. The fourth-order valence-corrected chi connectivity index (χ4v) is 1.82. The zero-order chi connectivity index (χ0) is 12.1. The summed E-state index contributed by atoms with van der Waals surface area (Å²) in [5.74, 6) is -0.269. The maximum Gasteiger partial charge on any atom is 0.272 e. The quantitative estimate of drug-likeness (QED) is 0.661. The maximum absolute atomic E-state index is 11.6. The van der Waals surface area contributed by atoms with Gasteiger partial charge in [0.15, 0.2) is 5.69 Å². The van der Waals surface area contributed by atoms with Crippen molar-refractivity contribution in [2.24, 2.45) is 7.05 Å². The lowest BCUT2D eigenvalue weighted by atomic mass is 10.3. The summed E-state index contributed by atoms with van der Waals surface area (Å²) in [7, 11) is 1.73. The minimum atomic E-state index is -0.395. The second kappa shape index (κ2) is 6.00. The summed E-state index contributed by atoms with van der Waals surface area (Å²) in [5.41, 5.74) is 0.333. The first-order valence-corrected chi connectivity index (χ1v) is 5.83. The molecule has 1 rings (SSSR count). The monoisotopic (exact) mass is 307 g/mol. The van der Waals surface area contributed by atoms with Gasteiger partial charge in [-0.2, -0.15) is 5.10 Å². The largest absolute Gasteiger partial charge is 0.351 e. The standard InChI is InChI=1S/C9H11BrClN3O2/c1-14-5-6(10)8(13-14)9(16)12-4-2-3-7(11)15/h5H,2-4H2,1H3,(H,12,16). The number of rotatable bonds is 5. The van der Waals surface area contributed by atoms with Gasteiger partial charge in [-0.3, -0.25) is 14.3 Å². The first-order chi connectivity index (χ1) is 7.50. The highest BCUT2D eigenvalue weighted by Gasteiger charge is 2.13. The molecule has 0 aliphatic carbocycles. The van der Waals surface area contributed by atoms with Crippen LogP contribution in [-0.2, 0) is 11.8 Å². The maximum atomic E-state index is 11.6. The number of aryl methyl sites for hydroxylation is 1. The number of hydrogen-bond donors (Lipinski definition) is 1. The molecule has 0 fully saturated rings. The Kier molecular flexibility index (Phi) is 4.95. The van der Waals surface area contributed by atoms with E-state index in [9.17, 15) is 9.59 Å². The Hall–Kier alpha value is -0.880. The van der Waals surface area contributed by atoms with Crippen LogP contribution in [-0.4, -0.2) is 27.5 Å². The van der Waals surface area contributed by atoms with Gasteiger partial charge in [0.05, 0.1) is 4.47 Å². The average Bonchev–Trinajstić information content (AvgIpc) is 2.52. The molecule has 0 aliphatic rings. The van der Waals surface area contributed by atoms with Crippen molar-refractivity contribution in [2.75, 3.05) is 6.54 Å². The Morgan fingerprint density at radius 3 is 2.81 bits per heavy atom. The number of carbonyl (C=O) groups excluding carboxylic acids is 2. The third kappa shape index (κ3) is 3.94. The second-order valence-corrected chi connectivity index (χ2v) is 4.49. The highest BCUT2D eigenvalue weighted by Crippen LogP contribution is 2.13. The molecule has 7 heteroatoms. The Labute approximate surface area is 106 Å². The molecule has 0 saturated carbocycles. The molecule has 1 aromatic heterocycles. The summed E-state index contributed by atoms with van der Waals surface area (Å²) < 4.78 is 2.18. The van der Waals surface area contributed by atoms with Gasteiger partial charge in [0.25, 0.3) is 5.91 Å². The molecule has 0 aromatic carbocycles. The van der Waals surface area contributed by atoms with Crippen molar-refractivity contribution in [3.63, 3.8) is 0 Å². The molecule has 0 bridgehead atoms. The Balaban J connectivity index is 2.41. The van der Waals surface area contributed by atoms with Crippen LogP contribution in [0.3, 0.4) is 0 Å². The van der Waals surface area contributed by atoms with Crippen molar-refractivity contribution in [3.8, 4) is 0 Å². The molecule has 1 heterocycles. The van der Waals surface area contributed by atoms with Gasteiger partial charge in [-0.05, 0) is 34.0 Å². The fraction of sp³-hybridized carbons (Fsp3) is 0.444. The first kappa shape index (κ1) is 13.2. The minimum absolute atomic E-state index is 0.255. The van der Waals surface area contributed by atoms with Gasteiger partial charge in [-0.25, -0.2) is 0 Å². The van der Waals surface area contributed by atoms with Gasteiger partial charge in [-0.1, -0.05) is 0 Å². The molecule has 0 saturated heterocycles. The summed E-state index contributed by atoms with van der Waals surface area (Å²) in [6.07, 6.45) is 2.47.